The van der Waals surface area contributed by atoms with Gasteiger partial charge in [0.1, 0.15) is 0 Å². The maximum absolute atomic E-state index is 11.7. The quantitative estimate of drug-likeness (QED) is 0.795. The van der Waals surface area contributed by atoms with E-state index in [1.54, 1.807) is 11.6 Å². The van der Waals surface area contributed by atoms with Crippen LogP contribution >= 0.6 is 11.3 Å². The number of rotatable bonds is 7. The van der Waals surface area contributed by atoms with Gasteiger partial charge in [0.15, 0.2) is 0 Å². The molecule has 1 aliphatic rings. The summed E-state index contributed by atoms with van der Waals surface area (Å²) in [6, 6.07) is 6.93. The molecule has 2 N–H and O–H groups in total. The molecule has 3 rings (SSSR count). The molecule has 7 heteroatoms. The summed E-state index contributed by atoms with van der Waals surface area (Å²) in [5.41, 5.74) is 2.15. The van der Waals surface area contributed by atoms with E-state index >= 15 is 0 Å². The third-order valence-electron chi connectivity index (χ3n) is 4.83. The molecule has 1 aliphatic carbocycles. The van der Waals surface area contributed by atoms with Crippen molar-refractivity contribution in [3.8, 4) is 0 Å². The molecule has 0 bridgehead atoms. The molecule has 0 atom stereocenters. The molecule has 0 amide bonds. The summed E-state index contributed by atoms with van der Waals surface area (Å²) in [7, 11) is 1.80. The Kier molecular flexibility index (Phi) is 5.03. The van der Waals surface area contributed by atoms with Gasteiger partial charge in [-0.15, -0.1) is 0 Å². The minimum Gasteiger partial charge on any atom is -0.480 e. The van der Waals surface area contributed by atoms with Crippen molar-refractivity contribution in [2.75, 3.05) is 13.1 Å². The number of fused-ring (bicyclic) bond motifs is 1. The smallest absolute Gasteiger partial charge is 0.317 e. The van der Waals surface area contributed by atoms with Crippen LogP contribution in [-0.2, 0) is 18.4 Å². The van der Waals surface area contributed by atoms with E-state index < -0.39 is 5.97 Å². The first kappa shape index (κ1) is 17.1. The maximum atomic E-state index is 11.7. The van der Waals surface area contributed by atoms with E-state index in [0.29, 0.717) is 12.1 Å². The van der Waals surface area contributed by atoms with Crippen LogP contribution in [0.3, 0.4) is 0 Å². The fraction of sp³-hybridized carbons (Fsp3) is 0.529. The number of aryl methyl sites for hydroxylation is 1. The summed E-state index contributed by atoms with van der Waals surface area (Å²) in [5, 5.41) is 12.5. The Labute approximate surface area is 144 Å². The molecule has 0 radical (unpaired) electrons. The Balaban J connectivity index is 1.52. The number of hydrogen-bond acceptors (Lipinski definition) is 5. The summed E-state index contributed by atoms with van der Waals surface area (Å²) in [6.07, 6.45) is 1.98. The molecule has 1 aromatic carbocycles. The van der Waals surface area contributed by atoms with Crippen molar-refractivity contribution in [2.45, 2.75) is 38.4 Å². The summed E-state index contributed by atoms with van der Waals surface area (Å²) in [5.74, 6) is -0.761. The number of nitrogens with one attached hydrogen (secondary N) is 1. The van der Waals surface area contributed by atoms with Crippen molar-refractivity contribution in [2.24, 2.45) is 7.05 Å². The van der Waals surface area contributed by atoms with E-state index in [9.17, 15) is 9.59 Å². The van der Waals surface area contributed by atoms with Gasteiger partial charge in [0.05, 0.1) is 16.8 Å². The van der Waals surface area contributed by atoms with Crippen molar-refractivity contribution in [1.82, 2.24) is 14.8 Å². The Morgan fingerprint density at radius 3 is 2.88 bits per heavy atom. The summed E-state index contributed by atoms with van der Waals surface area (Å²) >= 11 is 1.28. The number of hydrogen-bond donors (Lipinski definition) is 2. The van der Waals surface area contributed by atoms with E-state index in [4.69, 9.17) is 5.11 Å². The molecule has 1 aromatic heterocycles. The van der Waals surface area contributed by atoms with E-state index in [1.807, 2.05) is 17.9 Å². The first-order valence-corrected chi connectivity index (χ1v) is 9.07. The van der Waals surface area contributed by atoms with Gasteiger partial charge in [-0.3, -0.25) is 14.5 Å². The zero-order valence-electron chi connectivity index (χ0n) is 14.0. The number of thiazole rings is 1. The highest BCUT2D eigenvalue weighted by Gasteiger charge is 2.33. The Morgan fingerprint density at radius 1 is 1.46 bits per heavy atom. The van der Waals surface area contributed by atoms with Crippen LogP contribution in [0.15, 0.2) is 23.0 Å². The molecular formula is C17H23N3O3S. The second-order valence-corrected chi connectivity index (χ2v) is 7.38. The van der Waals surface area contributed by atoms with Crippen LogP contribution in [0.4, 0.5) is 0 Å². The summed E-state index contributed by atoms with van der Waals surface area (Å²) in [4.78, 5) is 24.6. The molecule has 1 heterocycles. The van der Waals surface area contributed by atoms with Crippen LogP contribution in [-0.4, -0.2) is 45.7 Å². The highest BCUT2D eigenvalue weighted by atomic mass is 32.1. The van der Waals surface area contributed by atoms with Gasteiger partial charge in [0.2, 0.25) is 0 Å². The van der Waals surface area contributed by atoms with Gasteiger partial charge < -0.3 is 15.0 Å². The average molecular weight is 349 g/mol. The predicted octanol–water partition coefficient (Wildman–Crippen LogP) is 1.63. The minimum atomic E-state index is -0.761. The molecule has 2 aromatic rings. The fourth-order valence-corrected chi connectivity index (χ4v) is 4.22. The Morgan fingerprint density at radius 2 is 2.21 bits per heavy atom. The lowest BCUT2D eigenvalue weighted by Crippen LogP contribution is -2.53. The zero-order chi connectivity index (χ0) is 17.3. The lowest BCUT2D eigenvalue weighted by atomic mass is 9.85. The second-order valence-electron chi connectivity index (χ2n) is 6.39. The molecule has 0 unspecified atom stereocenters. The molecule has 130 valence electrons. The first-order valence-electron chi connectivity index (χ1n) is 8.25. The Bertz CT molecular complexity index is 792. The second kappa shape index (κ2) is 7.04. The first-order chi connectivity index (χ1) is 11.5. The van der Waals surface area contributed by atoms with Crippen molar-refractivity contribution in [1.29, 1.82) is 0 Å². The van der Waals surface area contributed by atoms with Crippen molar-refractivity contribution < 1.29 is 9.90 Å². The van der Waals surface area contributed by atoms with Gasteiger partial charge in [-0.2, -0.15) is 0 Å². The third-order valence-corrected chi connectivity index (χ3v) is 5.82. The van der Waals surface area contributed by atoms with Gasteiger partial charge in [0.25, 0.3) is 0 Å². The molecule has 0 aliphatic heterocycles. The van der Waals surface area contributed by atoms with Crippen LogP contribution in [0.2, 0.25) is 0 Å². The van der Waals surface area contributed by atoms with Gasteiger partial charge in [0, 0.05) is 25.7 Å². The molecular weight excluding hydrogens is 326 g/mol. The van der Waals surface area contributed by atoms with Gasteiger partial charge in [-0.05, 0) is 37.1 Å². The fourth-order valence-electron chi connectivity index (χ4n) is 3.28. The normalized spacial score (nSPS) is 20.5. The van der Waals surface area contributed by atoms with Crippen LogP contribution in [0.1, 0.15) is 25.3 Å². The largest absolute Gasteiger partial charge is 0.480 e. The van der Waals surface area contributed by atoms with E-state index in [2.05, 4.69) is 17.4 Å². The monoisotopic (exact) mass is 349 g/mol. The molecule has 6 nitrogen and oxygen atoms in total. The standard InChI is InChI=1S/C17H23N3O3S/c1-3-20(10-16(21)22)13-7-12(8-13)18-9-11-4-5-14-15(6-11)24-17(23)19(14)2/h4-6,12-13,18H,3,7-10H2,1-2H3,(H,21,22). The zero-order valence-corrected chi connectivity index (χ0v) is 14.8. The van der Waals surface area contributed by atoms with Gasteiger partial charge in [-0.25, -0.2) is 0 Å². The van der Waals surface area contributed by atoms with Crippen LogP contribution < -0.4 is 10.2 Å². The number of likely N-dealkylation sites (N-methyl/N-ethyl adjacent to an activating group) is 1. The van der Waals surface area contributed by atoms with Crippen molar-refractivity contribution >= 4 is 27.5 Å². The number of carboxylic acids is 1. The van der Waals surface area contributed by atoms with Crippen molar-refractivity contribution in [3.05, 3.63) is 33.4 Å². The Hall–Kier alpha value is -1.70. The van der Waals surface area contributed by atoms with Crippen LogP contribution in [0, 0.1) is 0 Å². The number of carbonyl (C=O) groups is 1. The number of aromatic nitrogens is 1. The number of benzene rings is 1. The third kappa shape index (κ3) is 3.53. The predicted molar refractivity (Wildman–Crippen MR) is 95.6 cm³/mol. The van der Waals surface area contributed by atoms with E-state index in [1.165, 1.54) is 16.9 Å². The van der Waals surface area contributed by atoms with E-state index in [0.717, 1.165) is 36.1 Å². The van der Waals surface area contributed by atoms with Crippen LogP contribution in [0.5, 0.6) is 0 Å². The lowest BCUT2D eigenvalue weighted by molar-refractivity contribution is -0.139. The molecule has 24 heavy (non-hydrogen) atoms. The lowest BCUT2D eigenvalue weighted by Gasteiger charge is -2.42. The molecule has 0 spiro atoms. The number of aliphatic carboxylic acids is 1. The van der Waals surface area contributed by atoms with Crippen LogP contribution in [0.25, 0.3) is 10.2 Å². The molecule has 1 fully saturated rings. The maximum Gasteiger partial charge on any atom is 0.317 e. The summed E-state index contributed by atoms with van der Waals surface area (Å²) in [6.45, 7) is 3.67. The number of carboxylic acid groups (broad SMARTS) is 1. The highest BCUT2D eigenvalue weighted by Crippen LogP contribution is 2.26. The number of nitrogens with zero attached hydrogens (tertiary/aromatic N) is 2. The molecule has 0 saturated heterocycles. The average Bonchev–Trinajstić information content (AvgIpc) is 2.78. The van der Waals surface area contributed by atoms with Gasteiger partial charge in [-0.1, -0.05) is 24.3 Å². The van der Waals surface area contributed by atoms with Gasteiger partial charge >= 0.3 is 10.8 Å². The van der Waals surface area contributed by atoms with E-state index in [-0.39, 0.29) is 11.4 Å². The topological polar surface area (TPSA) is 74.6 Å². The SMILES string of the molecule is CCN(CC(=O)O)C1CC(NCc2ccc3c(c2)sc(=O)n3C)C1. The highest BCUT2D eigenvalue weighted by molar-refractivity contribution is 7.16. The molecule has 1 saturated carbocycles. The van der Waals surface area contributed by atoms with Crippen molar-refractivity contribution in [3.63, 3.8) is 0 Å². The minimum absolute atomic E-state index is 0.0648. The summed E-state index contributed by atoms with van der Waals surface area (Å²) < 4.78 is 2.70.